The Morgan fingerprint density at radius 1 is 0.867 bits per heavy atom. The van der Waals surface area contributed by atoms with E-state index in [1.54, 1.807) is 24.3 Å². The molecule has 0 spiro atoms. The lowest BCUT2D eigenvalue weighted by Crippen LogP contribution is -2.15. The largest absolute Gasteiger partial charge is 0.373 e. The van der Waals surface area contributed by atoms with E-state index in [1.165, 1.54) is 0 Å². The van der Waals surface area contributed by atoms with Crippen LogP contribution in [0.3, 0.4) is 0 Å². The third-order valence-corrected chi connectivity index (χ3v) is 8.46. The van der Waals surface area contributed by atoms with Crippen LogP contribution >= 0.6 is 0 Å². The SMILES string of the molecule is CCO[C@H](C/[S@@](=N\S(=O)(=O)c1ccc(C)cc1)c1ccc(C)cc1)c1ccccc1. The van der Waals surface area contributed by atoms with E-state index in [0.717, 1.165) is 21.6 Å². The van der Waals surface area contributed by atoms with Gasteiger partial charge in [-0.3, -0.25) is 0 Å². The van der Waals surface area contributed by atoms with Gasteiger partial charge < -0.3 is 4.74 Å². The van der Waals surface area contributed by atoms with Gasteiger partial charge in [-0.2, -0.15) is 8.42 Å². The van der Waals surface area contributed by atoms with Crippen LogP contribution in [0.1, 0.15) is 29.7 Å². The number of ether oxygens (including phenoxy) is 1. The minimum Gasteiger partial charge on any atom is -0.373 e. The highest BCUT2D eigenvalue weighted by Crippen LogP contribution is 2.25. The van der Waals surface area contributed by atoms with Crippen LogP contribution in [0.4, 0.5) is 0 Å². The number of rotatable bonds is 8. The first kappa shape index (κ1) is 22.4. The average molecular weight is 442 g/mol. The maximum Gasteiger partial charge on any atom is 0.288 e. The van der Waals surface area contributed by atoms with Gasteiger partial charge in [0.1, 0.15) is 0 Å². The Morgan fingerprint density at radius 2 is 1.43 bits per heavy atom. The van der Waals surface area contributed by atoms with Crippen LogP contribution in [-0.4, -0.2) is 20.8 Å². The highest BCUT2D eigenvalue weighted by atomic mass is 32.3. The Morgan fingerprint density at radius 3 is 2.00 bits per heavy atom. The van der Waals surface area contributed by atoms with Crippen molar-refractivity contribution in [3.8, 4) is 0 Å². The second kappa shape index (κ2) is 10.2. The van der Waals surface area contributed by atoms with Crippen LogP contribution in [-0.2, 0) is 25.5 Å². The van der Waals surface area contributed by atoms with Crippen LogP contribution in [0.5, 0.6) is 0 Å². The average Bonchev–Trinajstić information content (AvgIpc) is 2.74. The first-order valence-corrected chi connectivity index (χ1v) is 12.7. The quantitative estimate of drug-likeness (QED) is 0.455. The standard InChI is InChI=1S/C24H27NO3S2/c1-4-28-24(21-8-6-5-7-9-21)18-29(22-14-10-19(2)11-15-22)25-30(26,27)23-16-12-20(3)13-17-23/h5-17,24H,4,18H2,1-3H3/t24-,29-/m1/s1. The summed E-state index contributed by atoms with van der Waals surface area (Å²) in [5.41, 5.74) is 3.15. The number of hydrogen-bond acceptors (Lipinski definition) is 3. The molecule has 0 saturated heterocycles. The zero-order chi connectivity index (χ0) is 21.6. The van der Waals surface area contributed by atoms with E-state index in [4.69, 9.17) is 4.74 Å². The molecule has 6 heteroatoms. The summed E-state index contributed by atoms with van der Waals surface area (Å²) in [6, 6.07) is 24.6. The van der Waals surface area contributed by atoms with Crippen molar-refractivity contribution in [1.29, 1.82) is 0 Å². The molecule has 0 aliphatic rings. The minimum atomic E-state index is -3.80. The molecule has 2 atom stereocenters. The highest BCUT2D eigenvalue weighted by molar-refractivity contribution is 8.00. The lowest BCUT2D eigenvalue weighted by Gasteiger charge is -2.19. The Kier molecular flexibility index (Phi) is 7.58. The predicted molar refractivity (Wildman–Crippen MR) is 123 cm³/mol. The van der Waals surface area contributed by atoms with E-state index in [9.17, 15) is 8.42 Å². The molecule has 0 amide bonds. The molecule has 158 valence electrons. The third-order valence-electron chi connectivity index (χ3n) is 4.65. The molecule has 0 unspecified atom stereocenters. The van der Waals surface area contributed by atoms with Crippen LogP contribution in [0, 0.1) is 13.8 Å². The van der Waals surface area contributed by atoms with Crippen LogP contribution in [0.2, 0.25) is 0 Å². The number of sulfonamides is 1. The lowest BCUT2D eigenvalue weighted by atomic mass is 10.1. The van der Waals surface area contributed by atoms with Crippen molar-refractivity contribution in [3.63, 3.8) is 0 Å². The van der Waals surface area contributed by atoms with Crippen molar-refractivity contribution < 1.29 is 13.2 Å². The molecule has 0 radical (unpaired) electrons. The van der Waals surface area contributed by atoms with Gasteiger partial charge in [-0.1, -0.05) is 65.7 Å². The topological polar surface area (TPSA) is 55.7 Å². The molecule has 3 aromatic carbocycles. The summed E-state index contributed by atoms with van der Waals surface area (Å²) in [4.78, 5) is 1.10. The Hall–Kier alpha value is -2.28. The van der Waals surface area contributed by atoms with E-state index < -0.39 is 20.7 Å². The fourth-order valence-corrected chi connectivity index (χ4v) is 6.57. The fourth-order valence-electron chi connectivity index (χ4n) is 2.99. The van der Waals surface area contributed by atoms with Crippen molar-refractivity contribution in [1.82, 2.24) is 0 Å². The molecule has 0 heterocycles. The maximum atomic E-state index is 13.1. The Labute approximate surface area is 182 Å². The van der Waals surface area contributed by atoms with Crippen molar-refractivity contribution in [2.45, 2.75) is 36.7 Å². The summed E-state index contributed by atoms with van der Waals surface area (Å²) in [7, 11) is -4.69. The van der Waals surface area contributed by atoms with Gasteiger partial charge in [0.2, 0.25) is 0 Å². The zero-order valence-corrected chi connectivity index (χ0v) is 19.1. The molecule has 30 heavy (non-hydrogen) atoms. The molecular weight excluding hydrogens is 414 g/mol. The van der Waals surface area contributed by atoms with E-state index in [0.29, 0.717) is 12.4 Å². The van der Waals surface area contributed by atoms with Gasteiger partial charge in [0, 0.05) is 17.3 Å². The van der Waals surface area contributed by atoms with Gasteiger partial charge in [-0.05, 0) is 61.3 Å². The molecule has 0 fully saturated rings. The Bertz CT molecular complexity index is 1090. The smallest absolute Gasteiger partial charge is 0.288 e. The number of benzene rings is 3. The van der Waals surface area contributed by atoms with Crippen LogP contribution in [0.25, 0.3) is 0 Å². The first-order chi connectivity index (χ1) is 14.4. The van der Waals surface area contributed by atoms with E-state index >= 15 is 0 Å². The summed E-state index contributed by atoms with van der Waals surface area (Å²) < 4.78 is 36.5. The van der Waals surface area contributed by atoms with Crippen molar-refractivity contribution in [3.05, 3.63) is 95.6 Å². The lowest BCUT2D eigenvalue weighted by molar-refractivity contribution is 0.0795. The van der Waals surface area contributed by atoms with Gasteiger partial charge in [-0.25, -0.2) is 0 Å². The molecule has 0 bridgehead atoms. The molecular formula is C24H27NO3S2. The summed E-state index contributed by atoms with van der Waals surface area (Å²) in [5.74, 6) is 0.464. The molecule has 0 aromatic heterocycles. The Balaban J connectivity index is 2.04. The van der Waals surface area contributed by atoms with E-state index in [2.05, 4.69) is 3.77 Å². The molecule has 0 aliphatic heterocycles. The minimum absolute atomic E-state index is 0.213. The first-order valence-electron chi connectivity index (χ1n) is 9.88. The van der Waals surface area contributed by atoms with Crippen molar-refractivity contribution >= 4 is 20.7 Å². The second-order valence-electron chi connectivity index (χ2n) is 7.06. The van der Waals surface area contributed by atoms with Crippen LogP contribution in [0.15, 0.2) is 92.4 Å². The highest BCUT2D eigenvalue weighted by Gasteiger charge is 2.20. The summed E-state index contributed by atoms with van der Waals surface area (Å²) in [6.45, 7) is 6.42. The van der Waals surface area contributed by atoms with Crippen molar-refractivity contribution in [2.75, 3.05) is 12.4 Å². The molecule has 0 N–H and O–H groups in total. The maximum absolute atomic E-state index is 13.1. The predicted octanol–water partition coefficient (Wildman–Crippen LogP) is 5.63. The van der Waals surface area contributed by atoms with Crippen molar-refractivity contribution in [2.24, 2.45) is 3.77 Å². The summed E-state index contributed by atoms with van der Waals surface area (Å²) in [5, 5.41) is 0. The molecule has 0 saturated carbocycles. The van der Waals surface area contributed by atoms with Gasteiger partial charge in [-0.15, -0.1) is 3.77 Å². The zero-order valence-electron chi connectivity index (χ0n) is 17.5. The second-order valence-corrected chi connectivity index (χ2v) is 10.6. The van der Waals surface area contributed by atoms with E-state index in [-0.39, 0.29) is 11.0 Å². The molecule has 0 aliphatic carbocycles. The van der Waals surface area contributed by atoms with Gasteiger partial charge >= 0.3 is 0 Å². The number of aryl methyl sites for hydroxylation is 2. The summed E-state index contributed by atoms with van der Waals surface area (Å²) in [6.07, 6.45) is -0.238. The van der Waals surface area contributed by atoms with Gasteiger partial charge in [0.05, 0.1) is 11.0 Å². The van der Waals surface area contributed by atoms with Gasteiger partial charge in [0.25, 0.3) is 10.0 Å². The molecule has 3 rings (SSSR count). The molecule has 3 aromatic rings. The summed E-state index contributed by atoms with van der Waals surface area (Å²) >= 11 is 0. The molecule has 4 nitrogen and oxygen atoms in total. The number of hydrogen-bond donors (Lipinski definition) is 0. The van der Waals surface area contributed by atoms with Gasteiger partial charge in [0.15, 0.2) is 0 Å². The van der Waals surface area contributed by atoms with Crippen LogP contribution < -0.4 is 0 Å². The third kappa shape index (κ3) is 5.88. The van der Waals surface area contributed by atoms with E-state index in [1.807, 2.05) is 75.4 Å². The number of nitrogens with zero attached hydrogens (tertiary/aromatic N) is 1. The monoisotopic (exact) mass is 441 g/mol. The normalized spacial score (nSPS) is 13.8. The fraction of sp³-hybridized carbons (Fsp3) is 0.250.